The smallest absolute Gasteiger partial charge is 0.221 e. The molecule has 3 aliphatic heterocycles. The van der Waals surface area contributed by atoms with Crippen LogP contribution in [0.1, 0.15) is 29.9 Å². The predicted octanol–water partition coefficient (Wildman–Crippen LogP) is 3.18. The van der Waals surface area contributed by atoms with Gasteiger partial charge < -0.3 is 54.2 Å². The molecule has 0 aromatic heterocycles. The van der Waals surface area contributed by atoms with Gasteiger partial charge in [0, 0.05) is 18.2 Å². The van der Waals surface area contributed by atoms with Gasteiger partial charge in [0.25, 0.3) is 0 Å². The van der Waals surface area contributed by atoms with Gasteiger partial charge in [-0.2, -0.15) is 11.8 Å². The van der Waals surface area contributed by atoms with E-state index >= 15 is 0 Å². The lowest BCUT2D eigenvalue weighted by molar-refractivity contribution is -0.384. The fourth-order valence-electron chi connectivity index (χ4n) is 6.13. The number of halogens is 1. The number of carbonyl (C=O) groups excluding carboxylic acids is 1. The van der Waals surface area contributed by atoms with Gasteiger partial charge in [-0.05, 0) is 35.4 Å². The zero-order valence-electron chi connectivity index (χ0n) is 27.3. The molecule has 3 saturated heterocycles. The number of nitrogens with one attached hydrogen (secondary N) is 1. The molecule has 3 fully saturated rings. The van der Waals surface area contributed by atoms with Crippen LogP contribution < -0.4 is 5.32 Å². The van der Waals surface area contributed by atoms with E-state index in [1.807, 2.05) is 60.7 Å². The molecule has 3 aliphatic rings. The quantitative estimate of drug-likeness (QED) is 0.173. The minimum Gasteiger partial charge on any atom is -0.387 e. The van der Waals surface area contributed by atoms with Gasteiger partial charge in [0.15, 0.2) is 18.9 Å². The number of amides is 1. The number of fused-ring (bicyclic) bond motifs is 1. The Bertz CT molecular complexity index is 1540. The van der Waals surface area contributed by atoms with Crippen LogP contribution in [0.5, 0.6) is 0 Å². The maximum atomic E-state index is 11.6. The van der Waals surface area contributed by atoms with Crippen LogP contribution in [0, 0.1) is 0 Å². The number of hydrogen-bond acceptors (Lipinski definition) is 12. The molecule has 0 bridgehead atoms. The minimum atomic E-state index is -1.54. The summed E-state index contributed by atoms with van der Waals surface area (Å²) in [5.74, 6) is 0.796. The Hall–Kier alpha value is -2.63. The SMILES string of the molecule is CC(=O)Nc1cc(CO[C@@H]2O[C@H](CSCCc3ccccc3)[C@@H](O[C@H]3O[C@@H]4COC(c5ccccc5)O[C@H]4[C@H](O)[C@H]3O)[C@H](O)[C@H]2O)ccc1Cl. The van der Waals surface area contributed by atoms with Crippen molar-refractivity contribution in [3.05, 3.63) is 101 Å². The maximum Gasteiger partial charge on any atom is 0.221 e. The van der Waals surface area contributed by atoms with Crippen LogP contribution in [0.15, 0.2) is 78.9 Å². The molecule has 50 heavy (non-hydrogen) atoms. The van der Waals surface area contributed by atoms with Crippen molar-refractivity contribution in [1.29, 1.82) is 0 Å². The number of ether oxygens (including phenoxy) is 6. The third kappa shape index (κ3) is 9.05. The normalized spacial score (nSPS) is 32.6. The van der Waals surface area contributed by atoms with Gasteiger partial charge in [0.1, 0.15) is 42.7 Å². The Morgan fingerprint density at radius 3 is 2.34 bits per heavy atom. The van der Waals surface area contributed by atoms with Gasteiger partial charge >= 0.3 is 0 Å². The van der Waals surface area contributed by atoms with E-state index in [0.29, 0.717) is 22.0 Å². The van der Waals surface area contributed by atoms with Crippen LogP contribution >= 0.6 is 23.4 Å². The van der Waals surface area contributed by atoms with Crippen LogP contribution in [-0.2, 0) is 46.2 Å². The summed E-state index contributed by atoms with van der Waals surface area (Å²) in [5, 5.41) is 47.8. The Balaban J connectivity index is 1.13. The highest BCUT2D eigenvalue weighted by Gasteiger charge is 2.53. The number of aryl methyl sites for hydroxylation is 1. The maximum absolute atomic E-state index is 11.6. The number of benzene rings is 3. The van der Waals surface area contributed by atoms with Crippen molar-refractivity contribution in [3.63, 3.8) is 0 Å². The lowest BCUT2D eigenvalue weighted by Gasteiger charge is -2.49. The van der Waals surface area contributed by atoms with Crippen molar-refractivity contribution in [3.8, 4) is 0 Å². The van der Waals surface area contributed by atoms with E-state index in [-0.39, 0.29) is 19.1 Å². The summed E-state index contributed by atoms with van der Waals surface area (Å²) in [4.78, 5) is 11.6. The standard InChI is InChI=1S/C36H42ClNO11S/c1-20(39)38-25-16-22(12-13-24(25)37)17-44-35-30(42)28(40)33(27(47-35)19-50-15-14-21-8-4-2-5-9-21)49-36-31(43)29(41)32-26(46-36)18-45-34(48-32)23-10-6-3-7-11-23/h2-13,16,26-36,40-43H,14-15,17-19H2,1H3,(H,38,39)/t26-,27-,28-,29-,30-,31-,32-,33-,34?,35-,36-/m1/s1. The second-order valence-corrected chi connectivity index (χ2v) is 14.0. The number of hydrogen-bond donors (Lipinski definition) is 5. The highest BCUT2D eigenvalue weighted by Crippen LogP contribution is 2.36. The fraction of sp³-hybridized carbons (Fsp3) is 0.472. The Morgan fingerprint density at radius 1 is 0.880 bits per heavy atom. The number of anilines is 1. The Labute approximate surface area is 299 Å². The molecule has 6 rings (SSSR count). The van der Waals surface area contributed by atoms with Gasteiger partial charge in [0.05, 0.1) is 30.0 Å². The van der Waals surface area contributed by atoms with E-state index < -0.39 is 67.7 Å². The summed E-state index contributed by atoms with van der Waals surface area (Å²) >= 11 is 7.77. The molecule has 0 radical (unpaired) electrons. The van der Waals surface area contributed by atoms with Gasteiger partial charge in [-0.1, -0.05) is 78.3 Å². The van der Waals surface area contributed by atoms with Crippen molar-refractivity contribution < 1.29 is 53.6 Å². The Kier molecular flexibility index (Phi) is 12.8. The average molecular weight is 732 g/mol. The third-order valence-corrected chi connectivity index (χ3v) is 10.1. The van der Waals surface area contributed by atoms with Gasteiger partial charge in [0.2, 0.25) is 5.91 Å². The summed E-state index contributed by atoms with van der Waals surface area (Å²) < 4.78 is 36.2. The van der Waals surface area contributed by atoms with Crippen LogP contribution in [0.2, 0.25) is 5.02 Å². The molecule has 0 aliphatic carbocycles. The first kappa shape index (κ1) is 37.1. The summed E-state index contributed by atoms with van der Waals surface area (Å²) in [6, 6.07) is 24.2. The molecular formula is C36H42ClNO11S. The van der Waals surface area contributed by atoms with E-state index in [1.54, 1.807) is 30.0 Å². The molecule has 5 N–H and O–H groups in total. The van der Waals surface area contributed by atoms with Gasteiger partial charge in [-0.15, -0.1) is 0 Å². The third-order valence-electron chi connectivity index (χ3n) is 8.75. The zero-order valence-corrected chi connectivity index (χ0v) is 28.9. The van der Waals surface area contributed by atoms with Crippen molar-refractivity contribution in [2.75, 3.05) is 23.4 Å². The molecule has 3 aromatic rings. The minimum absolute atomic E-state index is 0.0265. The first-order chi connectivity index (χ1) is 24.2. The Morgan fingerprint density at radius 2 is 1.60 bits per heavy atom. The molecule has 1 unspecified atom stereocenters. The predicted molar refractivity (Wildman–Crippen MR) is 184 cm³/mol. The molecule has 12 nitrogen and oxygen atoms in total. The van der Waals surface area contributed by atoms with Crippen molar-refractivity contribution in [1.82, 2.24) is 0 Å². The number of aliphatic hydroxyl groups excluding tert-OH is 4. The van der Waals surface area contributed by atoms with Crippen molar-refractivity contribution in [2.45, 2.75) is 87.7 Å². The molecular weight excluding hydrogens is 690 g/mol. The molecule has 14 heteroatoms. The van der Waals surface area contributed by atoms with Crippen LogP contribution in [0.4, 0.5) is 5.69 Å². The fourth-order valence-corrected chi connectivity index (χ4v) is 7.34. The topological polar surface area (TPSA) is 165 Å². The molecule has 1 amide bonds. The second kappa shape index (κ2) is 17.3. The van der Waals surface area contributed by atoms with Gasteiger partial charge in [-0.3, -0.25) is 4.79 Å². The van der Waals surface area contributed by atoms with Crippen LogP contribution in [0.3, 0.4) is 0 Å². The molecule has 270 valence electrons. The summed E-state index contributed by atoms with van der Waals surface area (Å²) in [6.45, 7) is 1.41. The largest absolute Gasteiger partial charge is 0.387 e. The zero-order chi connectivity index (χ0) is 35.2. The second-order valence-electron chi connectivity index (χ2n) is 12.4. The van der Waals surface area contributed by atoms with E-state index in [9.17, 15) is 25.2 Å². The summed E-state index contributed by atoms with van der Waals surface area (Å²) in [6.07, 6.45) is -12.2. The highest BCUT2D eigenvalue weighted by molar-refractivity contribution is 7.99. The van der Waals surface area contributed by atoms with Crippen molar-refractivity contribution in [2.24, 2.45) is 0 Å². The number of aliphatic hydroxyl groups is 4. The molecule has 0 spiro atoms. The number of carbonyl (C=O) groups is 1. The van der Waals surface area contributed by atoms with E-state index in [1.165, 1.54) is 12.5 Å². The van der Waals surface area contributed by atoms with E-state index in [4.69, 9.17) is 40.0 Å². The molecule has 3 aromatic carbocycles. The van der Waals surface area contributed by atoms with E-state index in [0.717, 1.165) is 17.7 Å². The van der Waals surface area contributed by atoms with E-state index in [2.05, 4.69) is 5.32 Å². The summed E-state index contributed by atoms with van der Waals surface area (Å²) in [7, 11) is 0. The number of thioether (sulfide) groups is 1. The molecule has 3 heterocycles. The first-order valence-electron chi connectivity index (χ1n) is 16.5. The lowest BCUT2D eigenvalue weighted by atomic mass is 9.96. The summed E-state index contributed by atoms with van der Waals surface area (Å²) in [5.41, 5.74) is 2.98. The highest BCUT2D eigenvalue weighted by atomic mass is 35.5. The lowest BCUT2D eigenvalue weighted by Crippen LogP contribution is -2.65. The van der Waals surface area contributed by atoms with Gasteiger partial charge in [-0.25, -0.2) is 0 Å². The molecule has 11 atom stereocenters. The number of rotatable bonds is 12. The van der Waals surface area contributed by atoms with Crippen LogP contribution in [0.25, 0.3) is 0 Å². The first-order valence-corrected chi connectivity index (χ1v) is 18.0. The van der Waals surface area contributed by atoms with Crippen molar-refractivity contribution >= 4 is 35.0 Å². The monoisotopic (exact) mass is 731 g/mol. The molecule has 0 saturated carbocycles. The van der Waals surface area contributed by atoms with Crippen LogP contribution in [-0.4, -0.2) is 106 Å². The average Bonchev–Trinajstić information content (AvgIpc) is 3.12.